The number of methoxy groups -OCH3 is 1. The summed E-state index contributed by atoms with van der Waals surface area (Å²) in [7, 11) is 1.41. The van der Waals surface area contributed by atoms with Gasteiger partial charge in [-0.15, -0.1) is 0 Å². The summed E-state index contributed by atoms with van der Waals surface area (Å²) in [5, 5.41) is 13.8. The molecule has 1 fully saturated rings. The minimum Gasteiger partial charge on any atom is -0.497 e. The number of urea groups is 1. The highest BCUT2D eigenvalue weighted by Crippen LogP contribution is 2.43. The molecule has 2 amide bonds. The monoisotopic (exact) mass is 362 g/mol. The molecule has 3 atom stereocenters. The van der Waals surface area contributed by atoms with Crippen molar-refractivity contribution in [3.8, 4) is 5.75 Å². The Labute approximate surface area is 141 Å². The molecular formula is C15H17F3N2O5. The Morgan fingerprint density at radius 1 is 1.32 bits per heavy atom. The van der Waals surface area contributed by atoms with E-state index in [0.717, 1.165) is 0 Å². The van der Waals surface area contributed by atoms with E-state index in [2.05, 4.69) is 10.1 Å². The molecular weight excluding hydrogens is 345 g/mol. The number of aliphatic hydroxyl groups is 1. The van der Waals surface area contributed by atoms with Gasteiger partial charge in [0.05, 0.1) is 19.8 Å². The SMILES string of the molecule is CCOC(=O)[C@@H]1[C@H](c2ccc(OC)cc2)NC(=O)N[C@@]1(O)C(F)(F)F. The lowest BCUT2D eigenvalue weighted by Gasteiger charge is -2.44. The molecule has 25 heavy (non-hydrogen) atoms. The van der Waals surface area contributed by atoms with Gasteiger partial charge in [0.15, 0.2) is 0 Å². The molecule has 1 heterocycles. The van der Waals surface area contributed by atoms with Gasteiger partial charge in [0.25, 0.3) is 5.72 Å². The number of alkyl halides is 3. The molecule has 1 aliphatic heterocycles. The van der Waals surface area contributed by atoms with Gasteiger partial charge in [-0.3, -0.25) is 4.79 Å². The highest BCUT2D eigenvalue weighted by molar-refractivity contribution is 5.83. The van der Waals surface area contributed by atoms with Crippen molar-refractivity contribution < 1.29 is 37.3 Å². The van der Waals surface area contributed by atoms with E-state index in [1.165, 1.54) is 43.6 Å². The third-order valence-electron chi connectivity index (χ3n) is 3.82. The van der Waals surface area contributed by atoms with E-state index >= 15 is 0 Å². The summed E-state index contributed by atoms with van der Waals surface area (Å²) in [5.41, 5.74) is -3.59. The number of hydrogen-bond acceptors (Lipinski definition) is 5. The number of rotatable bonds is 4. The smallest absolute Gasteiger partial charge is 0.437 e. The maximum Gasteiger partial charge on any atom is 0.437 e. The van der Waals surface area contributed by atoms with Crippen molar-refractivity contribution >= 4 is 12.0 Å². The third-order valence-corrected chi connectivity index (χ3v) is 3.82. The minimum absolute atomic E-state index is 0.177. The van der Waals surface area contributed by atoms with Crippen molar-refractivity contribution in [2.75, 3.05) is 13.7 Å². The fraction of sp³-hybridized carbons (Fsp3) is 0.467. The van der Waals surface area contributed by atoms with Crippen LogP contribution in [0.1, 0.15) is 18.5 Å². The van der Waals surface area contributed by atoms with E-state index in [0.29, 0.717) is 5.75 Å². The molecule has 0 spiro atoms. The van der Waals surface area contributed by atoms with Crippen LogP contribution in [0, 0.1) is 5.92 Å². The lowest BCUT2D eigenvalue weighted by atomic mass is 9.82. The third kappa shape index (κ3) is 3.48. The van der Waals surface area contributed by atoms with Crippen LogP contribution in [-0.2, 0) is 9.53 Å². The van der Waals surface area contributed by atoms with Gasteiger partial charge in [-0.2, -0.15) is 13.2 Å². The Morgan fingerprint density at radius 3 is 2.40 bits per heavy atom. The Morgan fingerprint density at radius 2 is 1.92 bits per heavy atom. The topological polar surface area (TPSA) is 96.9 Å². The van der Waals surface area contributed by atoms with Crippen LogP contribution in [0.3, 0.4) is 0 Å². The van der Waals surface area contributed by atoms with E-state index in [9.17, 15) is 27.9 Å². The van der Waals surface area contributed by atoms with Crippen molar-refractivity contribution in [2.45, 2.75) is 24.9 Å². The summed E-state index contributed by atoms with van der Waals surface area (Å²) in [6.45, 7) is 1.23. The van der Waals surface area contributed by atoms with Crippen molar-refractivity contribution in [3.63, 3.8) is 0 Å². The molecule has 1 aliphatic rings. The van der Waals surface area contributed by atoms with E-state index in [-0.39, 0.29) is 12.2 Å². The number of ether oxygens (including phenoxy) is 2. The maximum absolute atomic E-state index is 13.4. The van der Waals surface area contributed by atoms with Crippen LogP contribution in [0.25, 0.3) is 0 Å². The van der Waals surface area contributed by atoms with Crippen LogP contribution in [0.15, 0.2) is 24.3 Å². The van der Waals surface area contributed by atoms with Crippen molar-refractivity contribution in [2.24, 2.45) is 5.92 Å². The molecule has 1 saturated heterocycles. The van der Waals surface area contributed by atoms with E-state index in [4.69, 9.17) is 4.74 Å². The van der Waals surface area contributed by atoms with Crippen LogP contribution in [-0.4, -0.2) is 42.7 Å². The van der Waals surface area contributed by atoms with Gasteiger partial charge in [0.2, 0.25) is 0 Å². The molecule has 0 aliphatic carbocycles. The lowest BCUT2D eigenvalue weighted by molar-refractivity contribution is -0.294. The first-order valence-electron chi connectivity index (χ1n) is 7.32. The molecule has 3 N–H and O–H groups in total. The number of carbonyl (C=O) groups is 2. The standard InChI is InChI=1S/C15H17F3N2O5/c1-3-25-12(21)10-11(8-4-6-9(24-2)7-5-8)19-13(22)20-14(10,23)15(16,17)18/h4-7,10-11,23H,3H2,1-2H3,(H2,19,20,22)/t10-,11-,14-/m0/s1. The zero-order valence-corrected chi connectivity index (χ0v) is 13.4. The highest BCUT2D eigenvalue weighted by atomic mass is 19.4. The Hall–Kier alpha value is -2.49. The zero-order chi connectivity index (χ0) is 18.8. The van der Waals surface area contributed by atoms with Gasteiger partial charge >= 0.3 is 18.2 Å². The number of halogens is 3. The Kier molecular flexibility index (Phi) is 5.12. The minimum atomic E-state index is -5.30. The highest BCUT2D eigenvalue weighted by Gasteiger charge is 2.67. The first-order valence-corrected chi connectivity index (χ1v) is 7.32. The summed E-state index contributed by atoms with van der Waals surface area (Å²) in [6, 6.07) is 2.97. The van der Waals surface area contributed by atoms with Crippen molar-refractivity contribution in [1.29, 1.82) is 0 Å². The van der Waals surface area contributed by atoms with Gasteiger partial charge in [-0.05, 0) is 24.6 Å². The summed E-state index contributed by atoms with van der Waals surface area (Å²) in [5.74, 6) is -3.00. The van der Waals surface area contributed by atoms with Gasteiger partial charge < -0.3 is 25.2 Å². The number of esters is 1. The number of nitrogens with one attached hydrogen (secondary N) is 2. The predicted octanol–water partition coefficient (Wildman–Crippen LogP) is 1.48. The first kappa shape index (κ1) is 18.8. The normalized spacial score (nSPS) is 26.4. The summed E-state index contributed by atoms with van der Waals surface area (Å²) in [6.07, 6.45) is -5.30. The van der Waals surface area contributed by atoms with Gasteiger partial charge in [0, 0.05) is 0 Å². The Balaban J connectivity index is 2.53. The van der Waals surface area contributed by atoms with E-state index in [1.807, 2.05) is 0 Å². The van der Waals surface area contributed by atoms with Crippen LogP contribution < -0.4 is 15.4 Å². The molecule has 138 valence electrons. The molecule has 10 heteroatoms. The molecule has 2 rings (SSSR count). The molecule has 1 aromatic rings. The van der Waals surface area contributed by atoms with E-state index in [1.54, 1.807) is 0 Å². The quantitative estimate of drug-likeness (QED) is 0.705. The second kappa shape index (κ2) is 6.79. The summed E-state index contributed by atoms with van der Waals surface area (Å²) < 4.78 is 50.0. The first-order chi connectivity index (χ1) is 11.6. The maximum atomic E-state index is 13.4. The van der Waals surface area contributed by atoms with Crippen LogP contribution in [0.2, 0.25) is 0 Å². The molecule has 7 nitrogen and oxygen atoms in total. The van der Waals surface area contributed by atoms with Crippen LogP contribution in [0.4, 0.5) is 18.0 Å². The van der Waals surface area contributed by atoms with Crippen molar-refractivity contribution in [1.82, 2.24) is 10.6 Å². The molecule has 0 radical (unpaired) electrons. The fourth-order valence-corrected chi connectivity index (χ4v) is 2.63. The number of amides is 2. The van der Waals surface area contributed by atoms with E-state index < -0.39 is 35.9 Å². The Bertz CT molecular complexity index is 650. The number of carbonyl (C=O) groups excluding carboxylic acids is 2. The van der Waals surface area contributed by atoms with Crippen LogP contribution >= 0.6 is 0 Å². The van der Waals surface area contributed by atoms with Crippen LogP contribution in [0.5, 0.6) is 5.75 Å². The average Bonchev–Trinajstić information content (AvgIpc) is 2.53. The summed E-state index contributed by atoms with van der Waals surface area (Å²) in [4.78, 5) is 23.9. The largest absolute Gasteiger partial charge is 0.497 e. The second-order valence-corrected chi connectivity index (χ2v) is 5.34. The van der Waals surface area contributed by atoms with Gasteiger partial charge in [0.1, 0.15) is 11.7 Å². The molecule has 0 unspecified atom stereocenters. The molecule has 0 saturated carbocycles. The van der Waals surface area contributed by atoms with Gasteiger partial charge in [-0.25, -0.2) is 4.79 Å². The van der Waals surface area contributed by atoms with Crippen molar-refractivity contribution in [3.05, 3.63) is 29.8 Å². The average molecular weight is 362 g/mol. The predicted molar refractivity (Wildman–Crippen MR) is 78.5 cm³/mol. The number of benzene rings is 1. The number of hydrogen-bond donors (Lipinski definition) is 3. The fourth-order valence-electron chi connectivity index (χ4n) is 2.63. The molecule has 0 bridgehead atoms. The lowest BCUT2D eigenvalue weighted by Crippen LogP contribution is -2.73. The second-order valence-electron chi connectivity index (χ2n) is 5.34. The molecule has 1 aromatic carbocycles. The zero-order valence-electron chi connectivity index (χ0n) is 13.4. The summed E-state index contributed by atoms with van der Waals surface area (Å²) >= 11 is 0. The van der Waals surface area contributed by atoms with Gasteiger partial charge in [-0.1, -0.05) is 12.1 Å². The molecule has 0 aromatic heterocycles.